The second-order valence-corrected chi connectivity index (χ2v) is 3.86. The lowest BCUT2D eigenvalue weighted by Crippen LogP contribution is -1.97. The van der Waals surface area contributed by atoms with Gasteiger partial charge in [-0.2, -0.15) is 0 Å². The monoisotopic (exact) mass is 238 g/mol. The third kappa shape index (κ3) is 1.98. The van der Waals surface area contributed by atoms with Crippen LogP contribution >= 0.6 is 0 Å². The minimum Gasteiger partial charge on any atom is -0.464 e. The van der Waals surface area contributed by atoms with Crippen molar-refractivity contribution >= 4 is 11.0 Å². The maximum Gasteiger partial charge on any atom is 0.192 e. The van der Waals surface area contributed by atoms with Crippen LogP contribution in [0.25, 0.3) is 11.0 Å². The van der Waals surface area contributed by atoms with Gasteiger partial charge in [0.25, 0.3) is 0 Å². The van der Waals surface area contributed by atoms with Crippen molar-refractivity contribution in [1.29, 1.82) is 0 Å². The first-order valence-corrected chi connectivity index (χ1v) is 5.57. The minimum absolute atomic E-state index is 0.0743. The van der Waals surface area contributed by atoms with Crippen molar-refractivity contribution < 1.29 is 9.15 Å². The van der Waals surface area contributed by atoms with Gasteiger partial charge in [0, 0.05) is 6.07 Å². The quantitative estimate of drug-likeness (QED) is 0.685. The molecule has 88 valence electrons. The molecule has 0 bridgehead atoms. The first-order chi connectivity index (χ1) is 8.83. The van der Waals surface area contributed by atoms with Crippen molar-refractivity contribution in [3.8, 4) is 11.5 Å². The number of hydrogen-bond donors (Lipinski definition) is 0. The summed E-state index contributed by atoms with van der Waals surface area (Å²) in [6, 6.07) is 16.0. The van der Waals surface area contributed by atoms with Gasteiger partial charge < -0.3 is 9.15 Å². The van der Waals surface area contributed by atoms with Gasteiger partial charge in [0.1, 0.15) is 17.1 Å². The zero-order valence-corrected chi connectivity index (χ0v) is 9.50. The predicted octanol–water partition coefficient (Wildman–Crippen LogP) is 3.59. The molecule has 3 rings (SSSR count). The van der Waals surface area contributed by atoms with E-state index in [0.29, 0.717) is 16.7 Å². The standard InChI is InChI=1S/C15H10O3/c16-14-8-9-17-15-7-6-12(10-13(14)15)18-11-4-2-1-3-5-11/h1-10H. The Morgan fingerprint density at radius 3 is 2.56 bits per heavy atom. The van der Waals surface area contributed by atoms with E-state index < -0.39 is 0 Å². The molecule has 0 fully saturated rings. The lowest BCUT2D eigenvalue weighted by molar-refractivity contribution is 0.483. The molecule has 0 aliphatic carbocycles. The van der Waals surface area contributed by atoms with E-state index in [2.05, 4.69) is 0 Å². The van der Waals surface area contributed by atoms with Crippen LogP contribution in [0.3, 0.4) is 0 Å². The molecule has 1 aromatic heterocycles. The Bertz CT molecular complexity index is 729. The first-order valence-electron chi connectivity index (χ1n) is 5.57. The fourth-order valence-corrected chi connectivity index (χ4v) is 1.75. The van der Waals surface area contributed by atoms with E-state index in [-0.39, 0.29) is 5.43 Å². The maximum atomic E-state index is 11.7. The van der Waals surface area contributed by atoms with Gasteiger partial charge >= 0.3 is 0 Å². The molecular weight excluding hydrogens is 228 g/mol. The number of fused-ring (bicyclic) bond motifs is 1. The highest BCUT2D eigenvalue weighted by atomic mass is 16.5. The minimum atomic E-state index is -0.0743. The van der Waals surface area contributed by atoms with E-state index in [1.54, 1.807) is 18.2 Å². The van der Waals surface area contributed by atoms with Crippen LogP contribution in [0.2, 0.25) is 0 Å². The van der Waals surface area contributed by atoms with Crippen molar-refractivity contribution in [1.82, 2.24) is 0 Å². The van der Waals surface area contributed by atoms with Crippen LogP contribution in [0.1, 0.15) is 0 Å². The lowest BCUT2D eigenvalue weighted by Gasteiger charge is -2.05. The van der Waals surface area contributed by atoms with Crippen LogP contribution in [0.15, 0.2) is 70.1 Å². The summed E-state index contributed by atoms with van der Waals surface area (Å²) < 4.78 is 10.9. The summed E-state index contributed by atoms with van der Waals surface area (Å²) in [5.74, 6) is 1.35. The van der Waals surface area contributed by atoms with Crippen LogP contribution < -0.4 is 10.2 Å². The molecule has 2 aromatic carbocycles. The van der Waals surface area contributed by atoms with Crippen molar-refractivity contribution in [2.45, 2.75) is 0 Å². The summed E-state index contributed by atoms with van der Waals surface area (Å²) in [4.78, 5) is 11.7. The number of para-hydroxylation sites is 1. The number of hydrogen-bond acceptors (Lipinski definition) is 3. The molecule has 3 aromatic rings. The third-order valence-corrected chi connectivity index (χ3v) is 2.61. The Morgan fingerprint density at radius 2 is 1.72 bits per heavy atom. The average molecular weight is 238 g/mol. The Balaban J connectivity index is 2.04. The van der Waals surface area contributed by atoms with Gasteiger partial charge in [-0.1, -0.05) is 18.2 Å². The normalized spacial score (nSPS) is 10.4. The highest BCUT2D eigenvalue weighted by Crippen LogP contribution is 2.23. The molecular formula is C15H10O3. The molecule has 0 unspecified atom stereocenters. The SMILES string of the molecule is O=c1ccoc2ccc(Oc3ccccc3)cc12. The fourth-order valence-electron chi connectivity index (χ4n) is 1.75. The van der Waals surface area contributed by atoms with Crippen molar-refractivity contribution in [3.63, 3.8) is 0 Å². The third-order valence-electron chi connectivity index (χ3n) is 2.61. The van der Waals surface area contributed by atoms with Gasteiger partial charge in [-0.15, -0.1) is 0 Å². The summed E-state index contributed by atoms with van der Waals surface area (Å²) in [5.41, 5.74) is 0.484. The Kier molecular flexibility index (Phi) is 2.57. The highest BCUT2D eigenvalue weighted by Gasteiger charge is 2.03. The Morgan fingerprint density at radius 1 is 0.889 bits per heavy atom. The van der Waals surface area contributed by atoms with Gasteiger partial charge in [-0.25, -0.2) is 0 Å². The molecule has 0 saturated heterocycles. The fraction of sp³-hybridized carbons (Fsp3) is 0. The molecule has 1 heterocycles. The van der Waals surface area contributed by atoms with Crippen molar-refractivity contribution in [2.24, 2.45) is 0 Å². The predicted molar refractivity (Wildman–Crippen MR) is 69.0 cm³/mol. The van der Waals surface area contributed by atoms with Crippen LogP contribution in [0, 0.1) is 0 Å². The van der Waals surface area contributed by atoms with Gasteiger partial charge in [0.15, 0.2) is 5.43 Å². The van der Waals surface area contributed by atoms with E-state index in [1.165, 1.54) is 12.3 Å². The summed E-state index contributed by atoms with van der Waals surface area (Å²) in [7, 11) is 0. The highest BCUT2D eigenvalue weighted by molar-refractivity contribution is 5.77. The van der Waals surface area contributed by atoms with Crippen LogP contribution in [-0.4, -0.2) is 0 Å². The zero-order valence-electron chi connectivity index (χ0n) is 9.50. The molecule has 0 N–H and O–H groups in total. The smallest absolute Gasteiger partial charge is 0.192 e. The molecule has 0 radical (unpaired) electrons. The molecule has 0 aliphatic heterocycles. The summed E-state index contributed by atoms with van der Waals surface area (Å²) in [6.07, 6.45) is 1.39. The Hall–Kier alpha value is -2.55. The van der Waals surface area contributed by atoms with Gasteiger partial charge in [-0.3, -0.25) is 4.79 Å². The topological polar surface area (TPSA) is 39.4 Å². The van der Waals surface area contributed by atoms with Crippen molar-refractivity contribution in [3.05, 3.63) is 71.1 Å². The Labute approximate surface area is 103 Å². The number of ether oxygens (including phenoxy) is 1. The van der Waals surface area contributed by atoms with E-state index in [4.69, 9.17) is 9.15 Å². The van der Waals surface area contributed by atoms with E-state index in [0.717, 1.165) is 5.75 Å². The largest absolute Gasteiger partial charge is 0.464 e. The van der Waals surface area contributed by atoms with Crippen LogP contribution in [0.4, 0.5) is 0 Å². The summed E-state index contributed by atoms with van der Waals surface area (Å²) in [6.45, 7) is 0. The molecule has 0 atom stereocenters. The number of benzene rings is 2. The van der Waals surface area contributed by atoms with E-state index in [9.17, 15) is 4.79 Å². The van der Waals surface area contributed by atoms with Gasteiger partial charge in [-0.05, 0) is 30.3 Å². The zero-order chi connectivity index (χ0) is 12.4. The molecule has 0 spiro atoms. The molecule has 0 saturated carbocycles. The first kappa shape index (κ1) is 10.6. The summed E-state index contributed by atoms with van der Waals surface area (Å²) in [5, 5.41) is 0.519. The van der Waals surface area contributed by atoms with Crippen LogP contribution in [-0.2, 0) is 0 Å². The van der Waals surface area contributed by atoms with E-state index in [1.807, 2.05) is 30.3 Å². The average Bonchev–Trinajstić information content (AvgIpc) is 2.41. The van der Waals surface area contributed by atoms with Crippen molar-refractivity contribution in [2.75, 3.05) is 0 Å². The molecule has 3 heteroatoms. The number of rotatable bonds is 2. The maximum absolute atomic E-state index is 11.7. The molecule has 18 heavy (non-hydrogen) atoms. The van der Waals surface area contributed by atoms with Gasteiger partial charge in [0.05, 0.1) is 11.6 Å². The second-order valence-electron chi connectivity index (χ2n) is 3.86. The van der Waals surface area contributed by atoms with Crippen LogP contribution in [0.5, 0.6) is 11.5 Å². The second kappa shape index (κ2) is 4.37. The summed E-state index contributed by atoms with van der Waals surface area (Å²) >= 11 is 0. The molecule has 0 amide bonds. The molecule has 0 aliphatic rings. The van der Waals surface area contributed by atoms with Gasteiger partial charge in [0.2, 0.25) is 0 Å². The van der Waals surface area contributed by atoms with E-state index >= 15 is 0 Å². The lowest BCUT2D eigenvalue weighted by atomic mass is 10.2. The molecule has 3 nitrogen and oxygen atoms in total.